The molecule has 0 amide bonds. The zero-order valence-corrected chi connectivity index (χ0v) is 11.5. The van der Waals surface area contributed by atoms with Crippen LogP contribution in [0.15, 0.2) is 5.38 Å². The fourth-order valence-corrected chi connectivity index (χ4v) is 2.17. The van der Waals surface area contributed by atoms with Gasteiger partial charge in [-0.15, -0.1) is 11.3 Å². The lowest BCUT2D eigenvalue weighted by atomic mass is 10.2. The molecule has 1 aromatic heterocycles. The van der Waals surface area contributed by atoms with E-state index in [-0.39, 0.29) is 12.0 Å². The van der Waals surface area contributed by atoms with Gasteiger partial charge in [-0.2, -0.15) is 0 Å². The normalized spacial score (nSPS) is 12.4. The number of ether oxygens (including phenoxy) is 1. The Morgan fingerprint density at radius 2 is 2.41 bits per heavy atom. The number of hydrogen-bond donors (Lipinski definition) is 1. The van der Waals surface area contributed by atoms with E-state index in [0.29, 0.717) is 13.0 Å². The SMILES string of the molecule is CCOC(=O)CCCNC(C)c1csc(C)n1. The van der Waals surface area contributed by atoms with Crippen LogP contribution in [0.4, 0.5) is 0 Å². The lowest BCUT2D eigenvalue weighted by Crippen LogP contribution is -2.21. The van der Waals surface area contributed by atoms with Crippen molar-refractivity contribution in [2.24, 2.45) is 0 Å². The topological polar surface area (TPSA) is 51.2 Å². The van der Waals surface area contributed by atoms with Gasteiger partial charge in [0.2, 0.25) is 0 Å². The van der Waals surface area contributed by atoms with Crippen LogP contribution in [-0.4, -0.2) is 24.1 Å². The highest BCUT2D eigenvalue weighted by Crippen LogP contribution is 2.15. The summed E-state index contributed by atoms with van der Waals surface area (Å²) < 4.78 is 4.86. The minimum Gasteiger partial charge on any atom is -0.466 e. The third-order valence-electron chi connectivity index (χ3n) is 2.39. The van der Waals surface area contributed by atoms with Crippen molar-refractivity contribution in [3.63, 3.8) is 0 Å². The number of esters is 1. The molecule has 1 N–H and O–H groups in total. The Morgan fingerprint density at radius 1 is 1.65 bits per heavy atom. The van der Waals surface area contributed by atoms with E-state index in [0.717, 1.165) is 23.7 Å². The molecule has 1 unspecified atom stereocenters. The Hall–Kier alpha value is -0.940. The summed E-state index contributed by atoms with van der Waals surface area (Å²) >= 11 is 1.66. The highest BCUT2D eigenvalue weighted by Gasteiger charge is 2.08. The molecule has 17 heavy (non-hydrogen) atoms. The summed E-state index contributed by atoms with van der Waals surface area (Å²) in [5.41, 5.74) is 1.07. The molecule has 1 rings (SSSR count). The zero-order valence-electron chi connectivity index (χ0n) is 10.7. The van der Waals surface area contributed by atoms with Crippen molar-refractivity contribution < 1.29 is 9.53 Å². The molecular weight excluding hydrogens is 236 g/mol. The second-order valence-corrected chi connectivity index (χ2v) is 4.94. The lowest BCUT2D eigenvalue weighted by Gasteiger charge is -2.10. The Balaban J connectivity index is 2.16. The molecule has 0 fully saturated rings. The van der Waals surface area contributed by atoms with Crippen molar-refractivity contribution in [2.75, 3.05) is 13.2 Å². The maximum absolute atomic E-state index is 11.1. The average Bonchev–Trinajstić information content (AvgIpc) is 2.71. The van der Waals surface area contributed by atoms with E-state index in [9.17, 15) is 4.79 Å². The number of nitrogens with zero attached hydrogens (tertiary/aromatic N) is 1. The highest BCUT2D eigenvalue weighted by atomic mass is 32.1. The number of thiazole rings is 1. The van der Waals surface area contributed by atoms with E-state index in [4.69, 9.17) is 4.74 Å². The van der Waals surface area contributed by atoms with Gasteiger partial charge in [-0.05, 0) is 33.7 Å². The summed E-state index contributed by atoms with van der Waals surface area (Å²) in [5, 5.41) is 6.50. The monoisotopic (exact) mass is 256 g/mol. The van der Waals surface area contributed by atoms with Crippen molar-refractivity contribution in [3.8, 4) is 0 Å². The minimum atomic E-state index is -0.119. The first-order valence-corrected chi connectivity index (χ1v) is 6.82. The van der Waals surface area contributed by atoms with E-state index in [1.54, 1.807) is 11.3 Å². The van der Waals surface area contributed by atoms with E-state index in [1.165, 1.54) is 0 Å². The van der Waals surface area contributed by atoms with Gasteiger partial charge >= 0.3 is 5.97 Å². The van der Waals surface area contributed by atoms with Crippen LogP contribution in [0.1, 0.15) is 43.4 Å². The molecular formula is C12H20N2O2S. The molecule has 0 aliphatic carbocycles. The zero-order chi connectivity index (χ0) is 12.7. The van der Waals surface area contributed by atoms with E-state index < -0.39 is 0 Å². The maximum atomic E-state index is 11.1. The molecule has 1 aromatic rings. The van der Waals surface area contributed by atoms with Gasteiger partial charge in [0.05, 0.1) is 17.3 Å². The van der Waals surface area contributed by atoms with Gasteiger partial charge in [-0.25, -0.2) is 4.98 Å². The smallest absolute Gasteiger partial charge is 0.305 e. The number of aryl methyl sites for hydroxylation is 1. The Kier molecular flexibility index (Phi) is 6.15. The first-order valence-electron chi connectivity index (χ1n) is 5.94. The van der Waals surface area contributed by atoms with Gasteiger partial charge in [0.15, 0.2) is 0 Å². The average molecular weight is 256 g/mol. The van der Waals surface area contributed by atoms with Gasteiger partial charge in [-0.3, -0.25) is 4.79 Å². The molecule has 0 spiro atoms. The van der Waals surface area contributed by atoms with E-state index in [1.807, 2.05) is 13.8 Å². The van der Waals surface area contributed by atoms with Crippen molar-refractivity contribution in [1.29, 1.82) is 0 Å². The molecule has 0 radical (unpaired) electrons. The van der Waals surface area contributed by atoms with Crippen molar-refractivity contribution >= 4 is 17.3 Å². The molecule has 0 saturated heterocycles. The summed E-state index contributed by atoms with van der Waals surface area (Å²) in [7, 11) is 0. The largest absolute Gasteiger partial charge is 0.466 e. The predicted molar refractivity (Wildman–Crippen MR) is 69.1 cm³/mol. The van der Waals surface area contributed by atoms with Crippen LogP contribution in [0.5, 0.6) is 0 Å². The summed E-state index contributed by atoms with van der Waals surface area (Å²) in [6, 6.07) is 0.238. The Morgan fingerprint density at radius 3 is 3.00 bits per heavy atom. The van der Waals surface area contributed by atoms with Crippen LogP contribution in [0, 0.1) is 6.92 Å². The third kappa shape index (κ3) is 5.28. The summed E-state index contributed by atoms with van der Waals surface area (Å²) in [5.74, 6) is -0.119. The molecule has 1 atom stereocenters. The highest BCUT2D eigenvalue weighted by molar-refractivity contribution is 7.09. The molecule has 0 aliphatic heterocycles. The molecule has 0 saturated carbocycles. The van der Waals surface area contributed by atoms with E-state index in [2.05, 4.69) is 22.6 Å². The minimum absolute atomic E-state index is 0.119. The number of rotatable bonds is 7. The second-order valence-electron chi connectivity index (χ2n) is 3.88. The van der Waals surface area contributed by atoms with Crippen LogP contribution < -0.4 is 5.32 Å². The van der Waals surface area contributed by atoms with Gasteiger partial charge in [0.1, 0.15) is 0 Å². The molecule has 1 heterocycles. The number of aromatic nitrogens is 1. The van der Waals surface area contributed by atoms with Crippen LogP contribution in [0.25, 0.3) is 0 Å². The number of carbonyl (C=O) groups excluding carboxylic acids is 1. The first kappa shape index (κ1) is 14.1. The number of nitrogens with one attached hydrogen (secondary N) is 1. The summed E-state index contributed by atoms with van der Waals surface area (Å²) in [4.78, 5) is 15.5. The standard InChI is InChI=1S/C12H20N2O2S/c1-4-16-12(15)6-5-7-13-9(2)11-8-17-10(3)14-11/h8-9,13H,4-7H2,1-3H3. The summed E-state index contributed by atoms with van der Waals surface area (Å²) in [6.07, 6.45) is 1.27. The first-order chi connectivity index (χ1) is 8.13. The van der Waals surface area contributed by atoms with Gasteiger partial charge in [0.25, 0.3) is 0 Å². The van der Waals surface area contributed by atoms with Gasteiger partial charge in [0, 0.05) is 17.8 Å². The quantitative estimate of drug-likeness (QED) is 0.601. The predicted octanol–water partition coefficient (Wildman–Crippen LogP) is 2.45. The third-order valence-corrected chi connectivity index (χ3v) is 3.19. The fraction of sp³-hybridized carbons (Fsp3) is 0.667. The Labute approximate surface area is 106 Å². The lowest BCUT2D eigenvalue weighted by molar-refractivity contribution is -0.143. The summed E-state index contributed by atoms with van der Waals surface area (Å²) in [6.45, 7) is 7.17. The maximum Gasteiger partial charge on any atom is 0.305 e. The molecule has 0 aromatic carbocycles. The second kappa shape index (κ2) is 7.40. The number of carbonyl (C=O) groups is 1. The van der Waals surface area contributed by atoms with Crippen molar-refractivity contribution in [3.05, 3.63) is 16.1 Å². The molecule has 4 nitrogen and oxygen atoms in total. The number of hydrogen-bond acceptors (Lipinski definition) is 5. The van der Waals surface area contributed by atoms with Crippen LogP contribution in [0.3, 0.4) is 0 Å². The van der Waals surface area contributed by atoms with Crippen LogP contribution >= 0.6 is 11.3 Å². The van der Waals surface area contributed by atoms with Gasteiger partial charge < -0.3 is 10.1 Å². The Bertz CT molecular complexity index is 352. The molecule has 0 bridgehead atoms. The molecule has 96 valence electrons. The van der Waals surface area contributed by atoms with Crippen LogP contribution in [0.2, 0.25) is 0 Å². The van der Waals surface area contributed by atoms with E-state index >= 15 is 0 Å². The van der Waals surface area contributed by atoms with Gasteiger partial charge in [-0.1, -0.05) is 0 Å². The van der Waals surface area contributed by atoms with Crippen LogP contribution in [-0.2, 0) is 9.53 Å². The molecule has 5 heteroatoms. The van der Waals surface area contributed by atoms with Crippen molar-refractivity contribution in [1.82, 2.24) is 10.3 Å². The molecule has 0 aliphatic rings. The van der Waals surface area contributed by atoms with Crippen molar-refractivity contribution in [2.45, 2.75) is 39.7 Å². The fourth-order valence-electron chi connectivity index (χ4n) is 1.47.